The van der Waals surface area contributed by atoms with Crippen molar-refractivity contribution in [1.82, 2.24) is 4.57 Å². The van der Waals surface area contributed by atoms with Crippen molar-refractivity contribution >= 4 is 51.6 Å². The molecule has 0 atom stereocenters. The third-order valence-electron chi connectivity index (χ3n) is 3.87. The molecule has 0 fully saturated rings. The van der Waals surface area contributed by atoms with Gasteiger partial charge in [-0.1, -0.05) is 29.3 Å². The molecule has 0 aliphatic carbocycles. The van der Waals surface area contributed by atoms with Crippen LogP contribution in [0.5, 0.6) is 0 Å². The maximum Gasteiger partial charge on any atom is 0.419 e. The molecule has 0 saturated carbocycles. The Morgan fingerprint density at radius 2 is 2.04 bits per heavy atom. The van der Waals surface area contributed by atoms with Gasteiger partial charge < -0.3 is 9.73 Å². The van der Waals surface area contributed by atoms with E-state index in [4.69, 9.17) is 27.6 Å². The molecule has 8 nitrogen and oxygen atoms in total. The second kappa shape index (κ2) is 7.81. The van der Waals surface area contributed by atoms with Crippen LogP contribution in [0, 0.1) is 10.1 Å². The summed E-state index contributed by atoms with van der Waals surface area (Å²) in [6.45, 7) is 0.223. The second-order valence-corrected chi connectivity index (χ2v) is 6.47. The molecule has 10 heteroatoms. The number of nitro groups is 1. The summed E-state index contributed by atoms with van der Waals surface area (Å²) in [7, 11) is 0. The summed E-state index contributed by atoms with van der Waals surface area (Å²) >= 11 is 11.9. The minimum atomic E-state index is -0.635. The molecular weight excluding hydrogens is 397 g/mol. The molecule has 0 bridgehead atoms. The molecule has 1 N–H and O–H groups in total. The highest BCUT2D eigenvalue weighted by Gasteiger charge is 2.14. The van der Waals surface area contributed by atoms with Gasteiger partial charge in [0.25, 0.3) is 5.69 Å². The number of halogens is 2. The van der Waals surface area contributed by atoms with Gasteiger partial charge in [-0.05, 0) is 24.6 Å². The Labute approximate surface area is 162 Å². The first kappa shape index (κ1) is 18.9. The molecule has 1 aromatic heterocycles. The Morgan fingerprint density at radius 1 is 1.26 bits per heavy atom. The van der Waals surface area contributed by atoms with E-state index >= 15 is 0 Å². The Kier molecular flexibility index (Phi) is 5.48. The van der Waals surface area contributed by atoms with Crippen LogP contribution in [0.15, 0.2) is 45.6 Å². The van der Waals surface area contributed by atoms with E-state index in [0.29, 0.717) is 22.6 Å². The van der Waals surface area contributed by atoms with E-state index in [-0.39, 0.29) is 35.2 Å². The first-order chi connectivity index (χ1) is 12.9. The van der Waals surface area contributed by atoms with Gasteiger partial charge in [0.15, 0.2) is 5.58 Å². The van der Waals surface area contributed by atoms with Crippen molar-refractivity contribution in [3.8, 4) is 0 Å². The van der Waals surface area contributed by atoms with Crippen LogP contribution in [0.4, 0.5) is 11.4 Å². The third-order valence-corrected chi connectivity index (χ3v) is 4.69. The SMILES string of the molecule is O=C(CCCn1c(=O)oc2cc([N+](=O)[O-])ccc21)Nc1cccc(Cl)c1Cl. The van der Waals surface area contributed by atoms with Gasteiger partial charge in [-0.25, -0.2) is 4.79 Å². The first-order valence-electron chi connectivity index (χ1n) is 7.88. The summed E-state index contributed by atoms with van der Waals surface area (Å²) < 4.78 is 6.37. The predicted molar refractivity (Wildman–Crippen MR) is 101 cm³/mol. The lowest BCUT2D eigenvalue weighted by Gasteiger charge is -2.08. The van der Waals surface area contributed by atoms with Crippen molar-refractivity contribution in [2.45, 2.75) is 19.4 Å². The highest BCUT2D eigenvalue weighted by Crippen LogP contribution is 2.29. The van der Waals surface area contributed by atoms with Crippen molar-refractivity contribution in [3.05, 3.63) is 67.1 Å². The molecule has 3 aromatic rings. The zero-order chi connectivity index (χ0) is 19.6. The van der Waals surface area contributed by atoms with E-state index in [0.717, 1.165) is 0 Å². The molecule has 0 radical (unpaired) electrons. The van der Waals surface area contributed by atoms with Crippen LogP contribution >= 0.6 is 23.2 Å². The topological polar surface area (TPSA) is 107 Å². The number of nitrogens with zero attached hydrogens (tertiary/aromatic N) is 2. The number of benzene rings is 2. The highest BCUT2D eigenvalue weighted by molar-refractivity contribution is 6.43. The van der Waals surface area contributed by atoms with E-state index < -0.39 is 10.7 Å². The van der Waals surface area contributed by atoms with E-state index in [2.05, 4.69) is 5.32 Å². The van der Waals surface area contributed by atoms with Crippen LogP contribution in [0.3, 0.4) is 0 Å². The molecule has 140 valence electrons. The molecule has 0 unspecified atom stereocenters. The molecule has 0 aliphatic rings. The standard InChI is InChI=1S/C17H13Cl2N3O5/c18-11-3-1-4-12(16(11)19)20-15(23)5-2-8-21-13-7-6-10(22(25)26)9-14(13)27-17(21)24/h1,3-4,6-7,9H,2,5,8H2,(H,20,23). The molecule has 1 heterocycles. The average Bonchev–Trinajstić information content (AvgIpc) is 2.93. The Bertz CT molecular complexity index is 1090. The lowest BCUT2D eigenvalue weighted by atomic mass is 10.2. The van der Waals surface area contributed by atoms with E-state index in [1.807, 2.05) is 0 Å². The van der Waals surface area contributed by atoms with Crippen molar-refractivity contribution in [3.63, 3.8) is 0 Å². The molecular formula is C17H13Cl2N3O5. The van der Waals surface area contributed by atoms with Crippen LogP contribution in [0.1, 0.15) is 12.8 Å². The molecule has 27 heavy (non-hydrogen) atoms. The van der Waals surface area contributed by atoms with Gasteiger partial charge in [-0.2, -0.15) is 0 Å². The number of nitro benzene ring substituents is 1. The number of hydrogen-bond acceptors (Lipinski definition) is 5. The minimum absolute atomic E-state index is 0.129. The van der Waals surface area contributed by atoms with Crippen LogP contribution in [-0.4, -0.2) is 15.4 Å². The number of oxazole rings is 1. The lowest BCUT2D eigenvalue weighted by molar-refractivity contribution is -0.384. The number of aromatic nitrogens is 1. The number of fused-ring (bicyclic) bond motifs is 1. The molecule has 0 saturated heterocycles. The van der Waals surface area contributed by atoms with Crippen molar-refractivity contribution in [1.29, 1.82) is 0 Å². The number of amides is 1. The highest BCUT2D eigenvalue weighted by atomic mass is 35.5. The van der Waals surface area contributed by atoms with Crippen LogP contribution in [-0.2, 0) is 11.3 Å². The maximum atomic E-state index is 12.1. The van der Waals surface area contributed by atoms with Gasteiger partial charge in [-0.3, -0.25) is 19.5 Å². The van der Waals surface area contributed by atoms with Crippen LogP contribution in [0.2, 0.25) is 10.0 Å². The number of nitrogens with one attached hydrogen (secondary N) is 1. The van der Waals surface area contributed by atoms with E-state index in [9.17, 15) is 19.7 Å². The quantitative estimate of drug-likeness (QED) is 0.484. The summed E-state index contributed by atoms with van der Waals surface area (Å²) in [5, 5.41) is 14.0. The normalized spacial score (nSPS) is 10.9. The number of carbonyl (C=O) groups is 1. The van der Waals surface area contributed by atoms with Crippen LogP contribution < -0.4 is 11.1 Å². The molecule has 3 rings (SSSR count). The summed E-state index contributed by atoms with van der Waals surface area (Å²) in [5.41, 5.74) is 0.807. The fraction of sp³-hybridized carbons (Fsp3) is 0.176. The number of non-ortho nitro benzene ring substituents is 1. The van der Waals surface area contributed by atoms with E-state index in [1.165, 1.54) is 22.8 Å². The zero-order valence-electron chi connectivity index (χ0n) is 13.8. The summed E-state index contributed by atoms with van der Waals surface area (Å²) in [5.74, 6) is -0.917. The third kappa shape index (κ3) is 4.12. The van der Waals surface area contributed by atoms with Gasteiger partial charge in [0.2, 0.25) is 5.91 Å². The van der Waals surface area contributed by atoms with Gasteiger partial charge >= 0.3 is 5.76 Å². The Balaban J connectivity index is 1.66. The van der Waals surface area contributed by atoms with Gasteiger partial charge in [0.1, 0.15) is 0 Å². The number of aryl methyl sites for hydroxylation is 1. The lowest BCUT2D eigenvalue weighted by Crippen LogP contribution is -2.17. The van der Waals surface area contributed by atoms with E-state index in [1.54, 1.807) is 18.2 Å². The number of carbonyl (C=O) groups excluding carboxylic acids is 1. The Hall–Kier alpha value is -2.84. The van der Waals surface area contributed by atoms with Gasteiger partial charge in [0, 0.05) is 19.0 Å². The summed E-state index contributed by atoms with van der Waals surface area (Å²) in [6.07, 6.45) is 0.491. The second-order valence-electron chi connectivity index (χ2n) is 5.68. The van der Waals surface area contributed by atoms with Crippen molar-refractivity contribution < 1.29 is 14.1 Å². The molecule has 0 spiro atoms. The number of hydrogen-bond donors (Lipinski definition) is 1. The summed E-state index contributed by atoms with van der Waals surface area (Å²) in [6, 6.07) is 8.85. The number of rotatable bonds is 6. The maximum absolute atomic E-state index is 12.1. The first-order valence-corrected chi connectivity index (χ1v) is 8.64. The smallest absolute Gasteiger partial charge is 0.407 e. The van der Waals surface area contributed by atoms with Gasteiger partial charge in [0.05, 0.1) is 32.2 Å². The minimum Gasteiger partial charge on any atom is -0.407 e. The monoisotopic (exact) mass is 409 g/mol. The summed E-state index contributed by atoms with van der Waals surface area (Å²) in [4.78, 5) is 34.3. The predicted octanol–water partition coefficient (Wildman–Crippen LogP) is 4.23. The van der Waals surface area contributed by atoms with Crippen molar-refractivity contribution in [2.75, 3.05) is 5.32 Å². The fourth-order valence-corrected chi connectivity index (χ4v) is 2.94. The molecule has 0 aliphatic heterocycles. The largest absolute Gasteiger partial charge is 0.419 e. The fourth-order valence-electron chi connectivity index (χ4n) is 2.59. The molecule has 2 aromatic carbocycles. The Morgan fingerprint density at radius 3 is 2.78 bits per heavy atom. The van der Waals surface area contributed by atoms with Crippen molar-refractivity contribution in [2.24, 2.45) is 0 Å². The van der Waals surface area contributed by atoms with Crippen LogP contribution in [0.25, 0.3) is 11.1 Å². The zero-order valence-corrected chi connectivity index (χ0v) is 15.3. The number of anilines is 1. The average molecular weight is 410 g/mol. The molecule has 1 amide bonds. The van der Waals surface area contributed by atoms with Gasteiger partial charge in [-0.15, -0.1) is 0 Å².